The van der Waals surface area contributed by atoms with E-state index in [1.165, 1.54) is 18.7 Å². The Morgan fingerprint density at radius 1 is 1.06 bits per heavy atom. The second-order valence-electron chi connectivity index (χ2n) is 4.62. The summed E-state index contributed by atoms with van der Waals surface area (Å²) in [6, 6.07) is 4.62. The van der Waals surface area contributed by atoms with Crippen LogP contribution in [0.15, 0.2) is 12.1 Å². The fraction of sp³-hybridized carbons (Fsp3) is 0.571. The van der Waals surface area contributed by atoms with Gasteiger partial charge in [0.2, 0.25) is 5.75 Å². The second-order valence-corrected chi connectivity index (χ2v) is 4.62. The van der Waals surface area contributed by atoms with Gasteiger partial charge in [0.05, 0.1) is 21.3 Å². The van der Waals surface area contributed by atoms with E-state index in [0.717, 1.165) is 17.9 Å². The number of ether oxygens (including phenoxy) is 3. The first-order chi connectivity index (χ1) is 8.69. The zero-order valence-corrected chi connectivity index (χ0v) is 11.5. The van der Waals surface area contributed by atoms with E-state index in [2.05, 4.69) is 11.8 Å². The van der Waals surface area contributed by atoms with E-state index < -0.39 is 0 Å². The third kappa shape index (κ3) is 2.70. The van der Waals surface area contributed by atoms with Crippen molar-refractivity contribution in [3.8, 4) is 17.2 Å². The molecule has 0 radical (unpaired) electrons. The number of hydrogen-bond acceptors (Lipinski definition) is 4. The van der Waals surface area contributed by atoms with Crippen LogP contribution in [-0.2, 0) is 6.42 Å². The number of methoxy groups -OCH3 is 3. The van der Waals surface area contributed by atoms with Crippen molar-refractivity contribution in [2.45, 2.75) is 19.4 Å². The van der Waals surface area contributed by atoms with E-state index in [4.69, 9.17) is 14.2 Å². The Morgan fingerprint density at radius 2 is 1.61 bits per heavy atom. The van der Waals surface area contributed by atoms with E-state index >= 15 is 0 Å². The maximum atomic E-state index is 5.36. The van der Waals surface area contributed by atoms with Gasteiger partial charge in [-0.1, -0.05) is 0 Å². The highest BCUT2D eigenvalue weighted by Crippen LogP contribution is 2.38. The van der Waals surface area contributed by atoms with Crippen molar-refractivity contribution < 1.29 is 14.2 Å². The van der Waals surface area contributed by atoms with Crippen molar-refractivity contribution in [1.29, 1.82) is 0 Å². The smallest absolute Gasteiger partial charge is 0.203 e. The molecule has 1 heterocycles. The summed E-state index contributed by atoms with van der Waals surface area (Å²) in [4.78, 5) is 2.43. The van der Waals surface area contributed by atoms with Crippen molar-refractivity contribution in [3.05, 3.63) is 17.7 Å². The van der Waals surface area contributed by atoms with Crippen LogP contribution in [0.1, 0.15) is 12.5 Å². The highest BCUT2D eigenvalue weighted by molar-refractivity contribution is 5.53. The van der Waals surface area contributed by atoms with Gasteiger partial charge in [0.25, 0.3) is 0 Å². The standard InChI is InChI=1S/C14H21NO3/c1-10(15-5-6-15)7-11-8-12(16-2)14(18-4)13(9-11)17-3/h8-10H,5-7H2,1-4H3. The lowest BCUT2D eigenvalue weighted by molar-refractivity contribution is 0.323. The number of nitrogens with zero attached hydrogens (tertiary/aromatic N) is 1. The molecule has 4 nitrogen and oxygen atoms in total. The molecule has 0 N–H and O–H groups in total. The number of rotatable bonds is 6. The molecule has 0 aliphatic carbocycles. The molecule has 1 unspecified atom stereocenters. The van der Waals surface area contributed by atoms with E-state index in [1.807, 2.05) is 12.1 Å². The quantitative estimate of drug-likeness (QED) is 0.723. The molecule has 1 aromatic carbocycles. The van der Waals surface area contributed by atoms with Gasteiger partial charge in [-0.3, -0.25) is 4.90 Å². The zero-order valence-electron chi connectivity index (χ0n) is 11.5. The number of benzene rings is 1. The predicted molar refractivity (Wildman–Crippen MR) is 70.8 cm³/mol. The van der Waals surface area contributed by atoms with Crippen LogP contribution >= 0.6 is 0 Å². The summed E-state index contributed by atoms with van der Waals surface area (Å²) in [6.07, 6.45) is 0.997. The maximum absolute atomic E-state index is 5.36. The molecule has 1 aromatic rings. The van der Waals surface area contributed by atoms with Crippen LogP contribution in [0, 0.1) is 0 Å². The Labute approximate surface area is 108 Å². The van der Waals surface area contributed by atoms with Crippen LogP contribution in [-0.4, -0.2) is 45.4 Å². The highest BCUT2D eigenvalue weighted by atomic mass is 16.5. The monoisotopic (exact) mass is 251 g/mol. The number of hydrogen-bond donors (Lipinski definition) is 0. The summed E-state index contributed by atoms with van der Waals surface area (Å²) in [6.45, 7) is 4.67. The minimum Gasteiger partial charge on any atom is -0.493 e. The molecular formula is C14H21NO3. The van der Waals surface area contributed by atoms with Gasteiger partial charge in [-0.25, -0.2) is 0 Å². The topological polar surface area (TPSA) is 30.7 Å². The molecule has 1 fully saturated rings. The summed E-state index contributed by atoms with van der Waals surface area (Å²) in [5.74, 6) is 2.11. The van der Waals surface area contributed by atoms with E-state index in [1.54, 1.807) is 21.3 Å². The average molecular weight is 251 g/mol. The Kier molecular flexibility index (Phi) is 3.97. The van der Waals surface area contributed by atoms with Gasteiger partial charge in [0, 0.05) is 19.1 Å². The third-order valence-corrected chi connectivity index (χ3v) is 3.36. The van der Waals surface area contributed by atoms with Gasteiger partial charge < -0.3 is 14.2 Å². The van der Waals surface area contributed by atoms with Crippen LogP contribution in [0.2, 0.25) is 0 Å². The molecule has 0 spiro atoms. The Bertz CT molecular complexity index is 390. The fourth-order valence-electron chi connectivity index (χ4n) is 2.22. The summed E-state index contributed by atoms with van der Waals surface area (Å²) in [7, 11) is 4.92. The van der Waals surface area contributed by atoms with Crippen LogP contribution in [0.4, 0.5) is 0 Å². The Balaban J connectivity index is 2.24. The zero-order chi connectivity index (χ0) is 13.1. The lowest BCUT2D eigenvalue weighted by Gasteiger charge is -2.16. The minimum absolute atomic E-state index is 0.563. The molecular weight excluding hydrogens is 230 g/mol. The lowest BCUT2D eigenvalue weighted by Crippen LogP contribution is -2.17. The summed E-state index contributed by atoms with van der Waals surface area (Å²) < 4.78 is 16.0. The molecule has 100 valence electrons. The SMILES string of the molecule is COc1cc(CC(C)N2CC2)cc(OC)c1OC. The van der Waals surface area contributed by atoms with Crippen molar-refractivity contribution >= 4 is 0 Å². The predicted octanol–water partition coefficient (Wildman–Crippen LogP) is 1.96. The van der Waals surface area contributed by atoms with Crippen LogP contribution in [0.5, 0.6) is 17.2 Å². The van der Waals surface area contributed by atoms with Crippen molar-refractivity contribution in [3.63, 3.8) is 0 Å². The van der Waals surface area contributed by atoms with Gasteiger partial charge in [-0.2, -0.15) is 0 Å². The molecule has 0 aromatic heterocycles. The molecule has 1 aliphatic rings. The molecule has 0 amide bonds. The molecule has 1 aliphatic heterocycles. The van der Waals surface area contributed by atoms with Gasteiger partial charge >= 0.3 is 0 Å². The molecule has 18 heavy (non-hydrogen) atoms. The molecule has 2 rings (SSSR count). The first kappa shape index (κ1) is 13.0. The van der Waals surface area contributed by atoms with Gasteiger partial charge in [-0.15, -0.1) is 0 Å². The molecule has 0 saturated carbocycles. The van der Waals surface area contributed by atoms with Crippen molar-refractivity contribution in [2.24, 2.45) is 0 Å². The van der Waals surface area contributed by atoms with Crippen molar-refractivity contribution in [1.82, 2.24) is 4.90 Å². The van der Waals surface area contributed by atoms with E-state index in [-0.39, 0.29) is 0 Å². The summed E-state index contributed by atoms with van der Waals surface area (Å²) in [5, 5.41) is 0. The Morgan fingerprint density at radius 3 is 2.00 bits per heavy atom. The van der Waals surface area contributed by atoms with Crippen LogP contribution in [0.25, 0.3) is 0 Å². The molecule has 1 atom stereocenters. The first-order valence-corrected chi connectivity index (χ1v) is 6.22. The maximum Gasteiger partial charge on any atom is 0.203 e. The molecule has 0 bridgehead atoms. The van der Waals surface area contributed by atoms with Gasteiger partial charge in [0.15, 0.2) is 11.5 Å². The van der Waals surface area contributed by atoms with Gasteiger partial charge in [0.1, 0.15) is 0 Å². The summed E-state index contributed by atoms with van der Waals surface area (Å²) >= 11 is 0. The van der Waals surface area contributed by atoms with E-state index in [9.17, 15) is 0 Å². The van der Waals surface area contributed by atoms with Crippen molar-refractivity contribution in [2.75, 3.05) is 34.4 Å². The fourth-order valence-corrected chi connectivity index (χ4v) is 2.22. The third-order valence-electron chi connectivity index (χ3n) is 3.36. The first-order valence-electron chi connectivity index (χ1n) is 6.22. The lowest BCUT2D eigenvalue weighted by atomic mass is 10.1. The molecule has 1 saturated heterocycles. The normalized spacial score (nSPS) is 16.2. The summed E-state index contributed by atoms with van der Waals surface area (Å²) in [5.41, 5.74) is 1.21. The van der Waals surface area contributed by atoms with Gasteiger partial charge in [-0.05, 0) is 31.0 Å². The van der Waals surface area contributed by atoms with Crippen LogP contribution < -0.4 is 14.2 Å². The Hall–Kier alpha value is -1.42. The average Bonchev–Trinajstić information content (AvgIpc) is 3.21. The largest absolute Gasteiger partial charge is 0.493 e. The second kappa shape index (κ2) is 5.48. The van der Waals surface area contributed by atoms with Crippen LogP contribution in [0.3, 0.4) is 0 Å². The highest BCUT2D eigenvalue weighted by Gasteiger charge is 2.24. The molecule has 4 heteroatoms. The van der Waals surface area contributed by atoms with E-state index in [0.29, 0.717) is 11.8 Å². The minimum atomic E-state index is 0.563.